The van der Waals surface area contributed by atoms with Crippen molar-refractivity contribution in [1.29, 1.82) is 0 Å². The molecule has 34 heavy (non-hydrogen) atoms. The van der Waals surface area contributed by atoms with Crippen LogP contribution in [0.5, 0.6) is 0 Å². The van der Waals surface area contributed by atoms with Gasteiger partial charge in [-0.2, -0.15) is 0 Å². The summed E-state index contributed by atoms with van der Waals surface area (Å²) in [6, 6.07) is 4.64. The van der Waals surface area contributed by atoms with Crippen molar-refractivity contribution in [1.82, 2.24) is 20.9 Å². The number of carboxylic acid groups (broad SMARTS) is 1. The Labute approximate surface area is 199 Å². The smallest absolute Gasteiger partial charge is 0.326 e. The van der Waals surface area contributed by atoms with Crippen molar-refractivity contribution in [2.75, 3.05) is 6.54 Å². The van der Waals surface area contributed by atoms with Gasteiger partial charge in [0, 0.05) is 23.5 Å². The Balaban J connectivity index is 2.17. The third kappa shape index (κ3) is 7.58. The molecule has 0 fully saturated rings. The molecule has 2 rings (SSSR count). The van der Waals surface area contributed by atoms with Crippen LogP contribution in [0.15, 0.2) is 30.5 Å². The summed E-state index contributed by atoms with van der Waals surface area (Å²) in [5.41, 5.74) is 7.46. The molecule has 0 radical (unpaired) electrons. The largest absolute Gasteiger partial charge is 0.480 e. The number of carbonyl (C=O) groups excluding carboxylic acids is 3. The zero-order valence-electron chi connectivity index (χ0n) is 20.1. The fraction of sp³-hybridized carbons (Fsp3) is 0.500. The molecule has 10 heteroatoms. The molecule has 1 aromatic heterocycles. The van der Waals surface area contributed by atoms with Gasteiger partial charge in [0.25, 0.3) is 0 Å². The molecule has 3 atom stereocenters. The number of para-hydroxylation sites is 1. The van der Waals surface area contributed by atoms with Crippen LogP contribution >= 0.6 is 0 Å². The number of benzene rings is 1. The second-order valence-corrected chi connectivity index (χ2v) is 9.20. The van der Waals surface area contributed by atoms with E-state index in [2.05, 4.69) is 20.9 Å². The number of carbonyl (C=O) groups is 4. The van der Waals surface area contributed by atoms with Crippen molar-refractivity contribution >= 4 is 34.6 Å². The number of aliphatic carboxylic acids is 1. The molecular formula is C24H35N5O5. The lowest BCUT2D eigenvalue weighted by atomic mass is 10.0. The van der Waals surface area contributed by atoms with Crippen LogP contribution in [0.4, 0.5) is 0 Å². The summed E-state index contributed by atoms with van der Waals surface area (Å²) < 4.78 is 0. The quantitative estimate of drug-likeness (QED) is 0.268. The minimum absolute atomic E-state index is 0.0448. The molecule has 1 heterocycles. The van der Waals surface area contributed by atoms with E-state index in [1.807, 2.05) is 38.1 Å². The number of amides is 3. The summed E-state index contributed by atoms with van der Waals surface area (Å²) in [4.78, 5) is 52.5. The zero-order chi connectivity index (χ0) is 25.4. The number of aromatic amines is 1. The van der Waals surface area contributed by atoms with E-state index in [1.165, 1.54) is 0 Å². The predicted octanol–water partition coefficient (Wildman–Crippen LogP) is 0.910. The lowest BCUT2D eigenvalue weighted by Crippen LogP contribution is -2.54. The first kappa shape index (κ1) is 26.8. The Morgan fingerprint density at radius 2 is 1.68 bits per heavy atom. The number of hydrogen-bond acceptors (Lipinski definition) is 5. The highest BCUT2D eigenvalue weighted by molar-refractivity contribution is 5.93. The summed E-state index contributed by atoms with van der Waals surface area (Å²) in [5.74, 6) is -2.86. The molecule has 3 amide bonds. The van der Waals surface area contributed by atoms with Gasteiger partial charge in [-0.3, -0.25) is 14.4 Å². The van der Waals surface area contributed by atoms with Gasteiger partial charge >= 0.3 is 5.97 Å². The number of fused-ring (bicyclic) bond motifs is 1. The third-order valence-corrected chi connectivity index (χ3v) is 5.52. The Bertz CT molecular complexity index is 1020. The van der Waals surface area contributed by atoms with E-state index in [4.69, 9.17) is 5.73 Å². The van der Waals surface area contributed by atoms with Gasteiger partial charge in [-0.1, -0.05) is 45.9 Å². The molecule has 0 aliphatic rings. The summed E-state index contributed by atoms with van der Waals surface area (Å²) in [5, 5.41) is 18.0. The van der Waals surface area contributed by atoms with Crippen molar-refractivity contribution in [3.05, 3.63) is 36.0 Å². The molecule has 7 N–H and O–H groups in total. The zero-order valence-corrected chi connectivity index (χ0v) is 20.1. The SMILES string of the molecule is CC(C)CC(NC(=O)C(Cc1c[nH]c2ccccc12)NC(=O)CNC(=O)C(N)C(C)C)C(=O)O. The highest BCUT2D eigenvalue weighted by Gasteiger charge is 2.28. The first-order valence-electron chi connectivity index (χ1n) is 11.4. The number of hydrogen-bond donors (Lipinski definition) is 6. The second-order valence-electron chi connectivity index (χ2n) is 9.20. The molecule has 2 aromatic rings. The van der Waals surface area contributed by atoms with E-state index in [0.29, 0.717) is 0 Å². The standard InChI is InChI=1S/C24H35N5O5/c1-13(2)9-19(24(33)34)29-22(31)18(10-15-11-26-17-8-6-5-7-16(15)17)28-20(30)12-27-23(32)21(25)14(3)4/h5-8,11,13-14,18-19,21,26H,9-10,12,25H2,1-4H3,(H,27,32)(H,28,30)(H,29,31)(H,33,34). The number of carboxylic acids is 1. The molecule has 186 valence electrons. The summed E-state index contributed by atoms with van der Waals surface area (Å²) in [6.45, 7) is 6.95. The van der Waals surface area contributed by atoms with Gasteiger partial charge in [-0.15, -0.1) is 0 Å². The van der Waals surface area contributed by atoms with Crippen LogP contribution in [-0.2, 0) is 25.6 Å². The third-order valence-electron chi connectivity index (χ3n) is 5.52. The van der Waals surface area contributed by atoms with Crippen LogP contribution in [0.3, 0.4) is 0 Å². The van der Waals surface area contributed by atoms with Crippen LogP contribution in [0.25, 0.3) is 10.9 Å². The molecule has 0 saturated heterocycles. The monoisotopic (exact) mass is 473 g/mol. The topological polar surface area (TPSA) is 166 Å². The second kappa shape index (κ2) is 12.2. The fourth-order valence-corrected chi connectivity index (χ4v) is 3.53. The maximum Gasteiger partial charge on any atom is 0.326 e. The molecule has 0 bridgehead atoms. The van der Waals surface area contributed by atoms with Crippen molar-refractivity contribution in [3.8, 4) is 0 Å². The van der Waals surface area contributed by atoms with Gasteiger partial charge in [0.05, 0.1) is 12.6 Å². The normalized spacial score (nSPS) is 14.0. The maximum atomic E-state index is 13.1. The molecule has 3 unspecified atom stereocenters. The number of rotatable bonds is 12. The fourth-order valence-electron chi connectivity index (χ4n) is 3.53. The van der Waals surface area contributed by atoms with Crippen LogP contribution in [0.1, 0.15) is 39.7 Å². The Morgan fingerprint density at radius 1 is 1.00 bits per heavy atom. The first-order chi connectivity index (χ1) is 16.0. The average Bonchev–Trinajstić information content (AvgIpc) is 3.18. The molecule has 0 spiro atoms. The highest BCUT2D eigenvalue weighted by Crippen LogP contribution is 2.19. The average molecular weight is 474 g/mol. The van der Waals surface area contributed by atoms with E-state index in [0.717, 1.165) is 16.5 Å². The van der Waals surface area contributed by atoms with E-state index in [9.17, 15) is 24.3 Å². The van der Waals surface area contributed by atoms with Crippen LogP contribution < -0.4 is 21.7 Å². The Kier molecular flexibility index (Phi) is 9.61. The van der Waals surface area contributed by atoms with E-state index in [-0.39, 0.29) is 31.2 Å². The lowest BCUT2D eigenvalue weighted by molar-refractivity contribution is -0.142. The number of aromatic nitrogens is 1. The summed E-state index contributed by atoms with van der Waals surface area (Å²) in [7, 11) is 0. The lowest BCUT2D eigenvalue weighted by Gasteiger charge is -2.23. The number of H-pyrrole nitrogens is 1. The molecule has 0 aliphatic heterocycles. The van der Waals surface area contributed by atoms with Gasteiger partial charge in [0.15, 0.2) is 0 Å². The van der Waals surface area contributed by atoms with E-state index in [1.54, 1.807) is 20.0 Å². The minimum Gasteiger partial charge on any atom is -0.480 e. The van der Waals surface area contributed by atoms with Gasteiger partial charge in [-0.25, -0.2) is 4.79 Å². The molecule has 0 aliphatic carbocycles. The summed E-state index contributed by atoms with van der Waals surface area (Å²) in [6.07, 6.45) is 2.14. The highest BCUT2D eigenvalue weighted by atomic mass is 16.4. The molecular weight excluding hydrogens is 438 g/mol. The van der Waals surface area contributed by atoms with Crippen LogP contribution in [0, 0.1) is 11.8 Å². The molecule has 0 saturated carbocycles. The molecule has 10 nitrogen and oxygen atoms in total. The predicted molar refractivity (Wildman–Crippen MR) is 129 cm³/mol. The van der Waals surface area contributed by atoms with Crippen LogP contribution in [-0.4, -0.2) is 58.5 Å². The Hall–Kier alpha value is -3.40. The van der Waals surface area contributed by atoms with Crippen molar-refractivity contribution in [2.24, 2.45) is 17.6 Å². The van der Waals surface area contributed by atoms with Crippen molar-refractivity contribution in [3.63, 3.8) is 0 Å². The van der Waals surface area contributed by atoms with Gasteiger partial charge < -0.3 is 31.8 Å². The number of nitrogens with two attached hydrogens (primary N) is 1. The van der Waals surface area contributed by atoms with E-state index < -0.39 is 41.8 Å². The van der Waals surface area contributed by atoms with Gasteiger partial charge in [0.1, 0.15) is 12.1 Å². The van der Waals surface area contributed by atoms with Crippen molar-refractivity contribution < 1.29 is 24.3 Å². The van der Waals surface area contributed by atoms with Gasteiger partial charge in [0.2, 0.25) is 17.7 Å². The number of nitrogens with one attached hydrogen (secondary N) is 4. The molecule has 1 aromatic carbocycles. The first-order valence-corrected chi connectivity index (χ1v) is 11.4. The van der Waals surface area contributed by atoms with Crippen molar-refractivity contribution in [2.45, 2.75) is 58.7 Å². The minimum atomic E-state index is -1.14. The Morgan fingerprint density at radius 3 is 2.29 bits per heavy atom. The van der Waals surface area contributed by atoms with Crippen LogP contribution in [0.2, 0.25) is 0 Å². The summed E-state index contributed by atoms with van der Waals surface area (Å²) >= 11 is 0. The maximum absolute atomic E-state index is 13.1. The van der Waals surface area contributed by atoms with Gasteiger partial charge in [-0.05, 0) is 29.9 Å². The van der Waals surface area contributed by atoms with E-state index >= 15 is 0 Å².